The zero-order valence-electron chi connectivity index (χ0n) is 9.37. The van der Waals surface area contributed by atoms with Crippen LogP contribution in [0.25, 0.3) is 0 Å². The third-order valence-corrected chi connectivity index (χ3v) is 2.99. The molecule has 2 N–H and O–H groups in total. The maximum Gasteiger partial charge on any atom is 0.222 e. The van der Waals surface area contributed by atoms with Crippen molar-refractivity contribution in [1.29, 1.82) is 0 Å². The van der Waals surface area contributed by atoms with E-state index in [1.54, 1.807) is 0 Å². The Balaban J connectivity index is 2.30. The van der Waals surface area contributed by atoms with Gasteiger partial charge in [0.2, 0.25) is 11.8 Å². The molecule has 0 aliphatic carbocycles. The van der Waals surface area contributed by atoms with Gasteiger partial charge in [0.25, 0.3) is 0 Å². The summed E-state index contributed by atoms with van der Waals surface area (Å²) in [5.74, 6) is -0.0318. The molecule has 1 aliphatic rings. The standard InChI is InChI=1S/C11H20N2O2/c1-2-3-4-10(14)13-7-5-9(6-8-13)11(12)15/h9H,2-8H2,1H3,(H2,12,15). The van der Waals surface area contributed by atoms with Crippen LogP contribution in [0.3, 0.4) is 0 Å². The molecule has 86 valence electrons. The summed E-state index contributed by atoms with van der Waals surface area (Å²) < 4.78 is 0. The molecular formula is C11H20N2O2. The average Bonchev–Trinajstić information content (AvgIpc) is 2.26. The summed E-state index contributed by atoms with van der Waals surface area (Å²) in [5.41, 5.74) is 5.23. The fraction of sp³-hybridized carbons (Fsp3) is 0.818. The Bertz CT molecular complexity index is 233. The summed E-state index contributed by atoms with van der Waals surface area (Å²) in [7, 11) is 0. The average molecular weight is 212 g/mol. The van der Waals surface area contributed by atoms with Crippen LogP contribution in [0.2, 0.25) is 0 Å². The van der Waals surface area contributed by atoms with Crippen molar-refractivity contribution in [3.63, 3.8) is 0 Å². The number of nitrogens with zero attached hydrogens (tertiary/aromatic N) is 1. The monoisotopic (exact) mass is 212 g/mol. The van der Waals surface area contributed by atoms with E-state index in [0.717, 1.165) is 25.7 Å². The van der Waals surface area contributed by atoms with Crippen molar-refractivity contribution in [3.8, 4) is 0 Å². The third kappa shape index (κ3) is 3.53. The molecule has 0 bridgehead atoms. The maximum absolute atomic E-state index is 11.6. The summed E-state index contributed by atoms with van der Waals surface area (Å²) in [6.07, 6.45) is 4.09. The molecule has 0 aromatic carbocycles. The first-order valence-electron chi connectivity index (χ1n) is 5.72. The summed E-state index contributed by atoms with van der Waals surface area (Å²) in [5, 5.41) is 0. The van der Waals surface area contributed by atoms with Crippen LogP contribution in [0.4, 0.5) is 0 Å². The number of unbranched alkanes of at least 4 members (excludes halogenated alkanes) is 1. The highest BCUT2D eigenvalue weighted by Gasteiger charge is 2.25. The Kier molecular flexibility index (Phi) is 4.59. The lowest BCUT2D eigenvalue weighted by molar-refractivity contribution is -0.134. The number of amides is 2. The second-order valence-electron chi connectivity index (χ2n) is 4.16. The zero-order valence-corrected chi connectivity index (χ0v) is 9.37. The number of piperidine rings is 1. The number of carbonyl (C=O) groups excluding carboxylic acids is 2. The van der Waals surface area contributed by atoms with Crippen LogP contribution in [0.1, 0.15) is 39.0 Å². The summed E-state index contributed by atoms with van der Waals surface area (Å²) in [6, 6.07) is 0. The largest absolute Gasteiger partial charge is 0.369 e. The van der Waals surface area contributed by atoms with Crippen molar-refractivity contribution in [3.05, 3.63) is 0 Å². The van der Waals surface area contributed by atoms with Crippen molar-refractivity contribution in [2.45, 2.75) is 39.0 Å². The molecule has 0 radical (unpaired) electrons. The fourth-order valence-corrected chi connectivity index (χ4v) is 1.90. The zero-order chi connectivity index (χ0) is 11.3. The van der Waals surface area contributed by atoms with Gasteiger partial charge in [0.1, 0.15) is 0 Å². The lowest BCUT2D eigenvalue weighted by atomic mass is 9.96. The predicted molar refractivity (Wildman–Crippen MR) is 58.0 cm³/mol. The highest BCUT2D eigenvalue weighted by atomic mass is 16.2. The van der Waals surface area contributed by atoms with Gasteiger partial charge in [-0.25, -0.2) is 0 Å². The van der Waals surface area contributed by atoms with E-state index in [4.69, 9.17) is 5.73 Å². The topological polar surface area (TPSA) is 63.4 Å². The van der Waals surface area contributed by atoms with Gasteiger partial charge in [-0.1, -0.05) is 13.3 Å². The van der Waals surface area contributed by atoms with E-state index in [1.807, 2.05) is 4.90 Å². The van der Waals surface area contributed by atoms with Gasteiger partial charge in [-0.2, -0.15) is 0 Å². The highest BCUT2D eigenvalue weighted by molar-refractivity contribution is 5.78. The molecule has 4 nitrogen and oxygen atoms in total. The number of hydrogen-bond donors (Lipinski definition) is 1. The Morgan fingerprint density at radius 2 is 1.93 bits per heavy atom. The van der Waals surface area contributed by atoms with Crippen molar-refractivity contribution in [2.24, 2.45) is 11.7 Å². The molecule has 0 saturated carbocycles. The molecule has 1 fully saturated rings. The molecule has 1 aliphatic heterocycles. The van der Waals surface area contributed by atoms with Crippen LogP contribution in [0.5, 0.6) is 0 Å². The third-order valence-electron chi connectivity index (χ3n) is 2.99. The number of rotatable bonds is 4. The smallest absolute Gasteiger partial charge is 0.222 e. The Morgan fingerprint density at radius 1 is 1.33 bits per heavy atom. The quantitative estimate of drug-likeness (QED) is 0.752. The van der Waals surface area contributed by atoms with E-state index >= 15 is 0 Å². The number of primary amides is 1. The molecule has 1 heterocycles. The van der Waals surface area contributed by atoms with Crippen LogP contribution < -0.4 is 5.73 Å². The second kappa shape index (κ2) is 5.73. The Hall–Kier alpha value is -1.06. The normalized spacial score (nSPS) is 17.8. The lowest BCUT2D eigenvalue weighted by Crippen LogP contribution is -2.41. The van der Waals surface area contributed by atoms with Gasteiger partial charge in [0.15, 0.2) is 0 Å². The van der Waals surface area contributed by atoms with E-state index in [2.05, 4.69) is 6.92 Å². The first kappa shape index (κ1) is 12.0. The number of hydrogen-bond acceptors (Lipinski definition) is 2. The van der Waals surface area contributed by atoms with Gasteiger partial charge in [-0.3, -0.25) is 9.59 Å². The maximum atomic E-state index is 11.6. The number of likely N-dealkylation sites (tertiary alicyclic amines) is 1. The van der Waals surface area contributed by atoms with Gasteiger partial charge in [0.05, 0.1) is 0 Å². The molecule has 4 heteroatoms. The molecule has 0 spiro atoms. The second-order valence-corrected chi connectivity index (χ2v) is 4.16. The number of nitrogens with two attached hydrogens (primary N) is 1. The highest BCUT2D eigenvalue weighted by Crippen LogP contribution is 2.17. The van der Waals surface area contributed by atoms with Crippen molar-refractivity contribution < 1.29 is 9.59 Å². The van der Waals surface area contributed by atoms with E-state index in [0.29, 0.717) is 19.5 Å². The SMILES string of the molecule is CCCCC(=O)N1CCC(C(N)=O)CC1. The van der Waals surface area contributed by atoms with Crippen LogP contribution in [-0.4, -0.2) is 29.8 Å². The fourth-order valence-electron chi connectivity index (χ4n) is 1.90. The van der Waals surface area contributed by atoms with Gasteiger partial charge in [-0.05, 0) is 19.3 Å². The van der Waals surface area contributed by atoms with E-state index in [-0.39, 0.29) is 17.7 Å². The molecular weight excluding hydrogens is 192 g/mol. The molecule has 0 aromatic heterocycles. The van der Waals surface area contributed by atoms with Crippen molar-refractivity contribution >= 4 is 11.8 Å². The van der Waals surface area contributed by atoms with Crippen LogP contribution in [-0.2, 0) is 9.59 Å². The van der Waals surface area contributed by atoms with Gasteiger partial charge in [-0.15, -0.1) is 0 Å². The predicted octanol–water partition coefficient (Wildman–Crippen LogP) is 0.901. The molecule has 1 rings (SSSR count). The Morgan fingerprint density at radius 3 is 2.40 bits per heavy atom. The van der Waals surface area contributed by atoms with E-state index in [1.165, 1.54) is 0 Å². The van der Waals surface area contributed by atoms with Crippen molar-refractivity contribution in [2.75, 3.05) is 13.1 Å². The Labute approximate surface area is 90.8 Å². The summed E-state index contributed by atoms with van der Waals surface area (Å²) in [4.78, 5) is 24.4. The molecule has 1 saturated heterocycles. The summed E-state index contributed by atoms with van der Waals surface area (Å²) in [6.45, 7) is 3.46. The van der Waals surface area contributed by atoms with Gasteiger partial charge < -0.3 is 10.6 Å². The first-order chi connectivity index (χ1) is 7.15. The van der Waals surface area contributed by atoms with Crippen molar-refractivity contribution in [1.82, 2.24) is 4.90 Å². The van der Waals surface area contributed by atoms with Gasteiger partial charge in [0, 0.05) is 25.4 Å². The van der Waals surface area contributed by atoms with E-state index in [9.17, 15) is 9.59 Å². The lowest BCUT2D eigenvalue weighted by Gasteiger charge is -2.30. The van der Waals surface area contributed by atoms with Crippen LogP contribution in [0.15, 0.2) is 0 Å². The molecule has 15 heavy (non-hydrogen) atoms. The minimum Gasteiger partial charge on any atom is -0.369 e. The number of carbonyl (C=O) groups is 2. The van der Waals surface area contributed by atoms with Crippen LogP contribution >= 0.6 is 0 Å². The molecule has 2 amide bonds. The van der Waals surface area contributed by atoms with Gasteiger partial charge >= 0.3 is 0 Å². The minimum atomic E-state index is -0.226. The molecule has 0 aromatic rings. The first-order valence-corrected chi connectivity index (χ1v) is 5.72. The van der Waals surface area contributed by atoms with Crippen LogP contribution in [0, 0.1) is 5.92 Å². The molecule has 0 unspecified atom stereocenters. The summed E-state index contributed by atoms with van der Waals surface area (Å²) >= 11 is 0. The molecule has 0 atom stereocenters. The minimum absolute atomic E-state index is 0.0276. The van der Waals surface area contributed by atoms with E-state index < -0.39 is 0 Å².